The fraction of sp³-hybridized carbons (Fsp3) is 0. The normalized spacial score (nSPS) is 9.58. The van der Waals surface area contributed by atoms with Gasteiger partial charge in [-0.2, -0.15) is 0 Å². The Morgan fingerprint density at radius 2 is 1.83 bits per heavy atom. The molecule has 0 atom stereocenters. The third-order valence-electron chi connectivity index (χ3n) is 1.64. The second-order valence-electron chi connectivity index (χ2n) is 2.40. The first-order chi connectivity index (χ1) is 5.90. The average Bonchev–Trinajstić information content (AvgIpc) is 2.17. The molecule has 1 aromatic carbocycles. The van der Waals surface area contributed by atoms with Crippen molar-refractivity contribution in [2.24, 2.45) is 0 Å². The Balaban J connectivity index is 2.78. The van der Waals surface area contributed by atoms with Crippen LogP contribution in [0.1, 0.15) is 5.56 Å². The van der Waals surface area contributed by atoms with E-state index in [1.54, 1.807) is 12.4 Å². The average molecular weight is 154 g/mol. The Labute approximate surface area is 70.3 Å². The van der Waals surface area contributed by atoms with Crippen LogP contribution >= 0.6 is 0 Å². The van der Waals surface area contributed by atoms with Gasteiger partial charge in [0.2, 0.25) is 0 Å². The number of hydrogen-bond acceptors (Lipinski definition) is 2. The summed E-state index contributed by atoms with van der Waals surface area (Å²) in [6.45, 7) is 0. The van der Waals surface area contributed by atoms with Gasteiger partial charge >= 0.3 is 0 Å². The van der Waals surface area contributed by atoms with E-state index in [0.29, 0.717) is 0 Å². The van der Waals surface area contributed by atoms with E-state index in [1.165, 1.54) is 0 Å². The van der Waals surface area contributed by atoms with E-state index >= 15 is 0 Å². The minimum atomic E-state index is 0.836. The highest BCUT2D eigenvalue weighted by atomic mass is 14.8. The van der Waals surface area contributed by atoms with Gasteiger partial charge in [-0.05, 0) is 18.2 Å². The Kier molecular flexibility index (Phi) is 1.49. The minimum absolute atomic E-state index is 0.836. The molecule has 0 radical (unpaired) electrons. The monoisotopic (exact) mass is 154 g/mol. The van der Waals surface area contributed by atoms with Crippen LogP contribution in [0, 0.1) is 12.3 Å². The summed E-state index contributed by atoms with van der Waals surface area (Å²) in [5, 5.41) is 0. The first-order valence-corrected chi connectivity index (χ1v) is 3.57. The van der Waals surface area contributed by atoms with Gasteiger partial charge in [0.05, 0.1) is 11.0 Å². The number of hydrogen-bond donors (Lipinski definition) is 0. The van der Waals surface area contributed by atoms with Crippen molar-refractivity contribution in [2.45, 2.75) is 0 Å². The predicted molar refractivity (Wildman–Crippen MR) is 47.5 cm³/mol. The first-order valence-electron chi connectivity index (χ1n) is 3.57. The molecule has 56 valence electrons. The molecule has 0 spiro atoms. The summed E-state index contributed by atoms with van der Waals surface area (Å²) in [5.74, 6) is 2.55. The van der Waals surface area contributed by atoms with Gasteiger partial charge in [0, 0.05) is 18.0 Å². The van der Waals surface area contributed by atoms with Crippen LogP contribution in [0.15, 0.2) is 30.6 Å². The fourth-order valence-corrected chi connectivity index (χ4v) is 1.05. The summed E-state index contributed by atoms with van der Waals surface area (Å²) in [6.07, 6.45) is 8.56. The van der Waals surface area contributed by atoms with Crippen molar-refractivity contribution in [2.75, 3.05) is 0 Å². The molecule has 0 saturated heterocycles. The highest BCUT2D eigenvalue weighted by Crippen LogP contribution is 2.09. The quantitative estimate of drug-likeness (QED) is 0.539. The zero-order chi connectivity index (χ0) is 8.39. The molecule has 0 unspecified atom stereocenters. The number of benzene rings is 1. The summed E-state index contributed by atoms with van der Waals surface area (Å²) < 4.78 is 0. The molecule has 2 aromatic rings. The van der Waals surface area contributed by atoms with Crippen molar-refractivity contribution in [3.8, 4) is 12.3 Å². The highest BCUT2D eigenvalue weighted by Gasteiger charge is 1.94. The molecule has 0 amide bonds. The van der Waals surface area contributed by atoms with Gasteiger partial charge in [0.15, 0.2) is 0 Å². The molecule has 0 N–H and O–H groups in total. The fourth-order valence-electron chi connectivity index (χ4n) is 1.05. The van der Waals surface area contributed by atoms with Crippen LogP contribution in [0.3, 0.4) is 0 Å². The summed E-state index contributed by atoms with van der Waals surface area (Å²) in [4.78, 5) is 8.26. The zero-order valence-corrected chi connectivity index (χ0v) is 6.36. The molecule has 0 aliphatic carbocycles. The molecule has 12 heavy (non-hydrogen) atoms. The van der Waals surface area contributed by atoms with Gasteiger partial charge < -0.3 is 0 Å². The molecular formula is C10H6N2. The summed E-state index contributed by atoms with van der Waals surface area (Å²) in [7, 11) is 0. The van der Waals surface area contributed by atoms with Gasteiger partial charge in [0.25, 0.3) is 0 Å². The minimum Gasteiger partial charge on any atom is -0.253 e. The lowest BCUT2D eigenvalue weighted by Crippen LogP contribution is -1.82. The lowest BCUT2D eigenvalue weighted by molar-refractivity contribution is 1.29. The second-order valence-corrected chi connectivity index (χ2v) is 2.40. The van der Waals surface area contributed by atoms with Crippen LogP contribution in [0.25, 0.3) is 11.0 Å². The summed E-state index contributed by atoms with van der Waals surface area (Å²) in [6, 6.07) is 5.58. The van der Waals surface area contributed by atoms with Crippen LogP contribution in [-0.2, 0) is 0 Å². The number of aromatic nitrogens is 2. The van der Waals surface area contributed by atoms with E-state index in [0.717, 1.165) is 16.6 Å². The Hall–Kier alpha value is -1.88. The van der Waals surface area contributed by atoms with Crippen molar-refractivity contribution in [3.63, 3.8) is 0 Å². The molecule has 2 nitrogen and oxygen atoms in total. The SMILES string of the molecule is C#Cc1ccc2nccnc2c1. The van der Waals surface area contributed by atoms with Crippen molar-refractivity contribution >= 4 is 11.0 Å². The van der Waals surface area contributed by atoms with Gasteiger partial charge in [-0.3, -0.25) is 9.97 Å². The maximum atomic E-state index is 5.24. The topological polar surface area (TPSA) is 25.8 Å². The van der Waals surface area contributed by atoms with Crippen LogP contribution in [-0.4, -0.2) is 9.97 Å². The third kappa shape index (κ3) is 1.02. The molecule has 2 heteroatoms. The van der Waals surface area contributed by atoms with Gasteiger partial charge in [-0.1, -0.05) is 5.92 Å². The van der Waals surface area contributed by atoms with Crippen molar-refractivity contribution < 1.29 is 0 Å². The third-order valence-corrected chi connectivity index (χ3v) is 1.64. The van der Waals surface area contributed by atoms with E-state index in [-0.39, 0.29) is 0 Å². The standard InChI is InChI=1S/C10H6N2/c1-2-8-3-4-9-10(7-8)12-6-5-11-9/h1,3-7H. The van der Waals surface area contributed by atoms with E-state index in [9.17, 15) is 0 Å². The van der Waals surface area contributed by atoms with Crippen molar-refractivity contribution in [1.82, 2.24) is 9.97 Å². The van der Waals surface area contributed by atoms with Gasteiger partial charge in [0.1, 0.15) is 0 Å². The predicted octanol–water partition coefficient (Wildman–Crippen LogP) is 1.61. The maximum Gasteiger partial charge on any atom is 0.0899 e. The van der Waals surface area contributed by atoms with E-state index in [2.05, 4.69) is 15.9 Å². The molecule has 1 aromatic heterocycles. The lowest BCUT2D eigenvalue weighted by atomic mass is 10.2. The van der Waals surface area contributed by atoms with E-state index in [1.807, 2.05) is 18.2 Å². The maximum absolute atomic E-state index is 5.24. The Bertz CT molecular complexity index is 455. The highest BCUT2D eigenvalue weighted by molar-refractivity contribution is 5.75. The zero-order valence-electron chi connectivity index (χ0n) is 6.36. The molecule has 2 rings (SSSR count). The molecule has 0 aliphatic rings. The Morgan fingerprint density at radius 3 is 2.58 bits per heavy atom. The number of terminal acetylenes is 1. The largest absolute Gasteiger partial charge is 0.253 e. The summed E-state index contributed by atoms with van der Waals surface area (Å²) in [5.41, 5.74) is 2.55. The van der Waals surface area contributed by atoms with Crippen LogP contribution in [0.2, 0.25) is 0 Å². The first kappa shape index (κ1) is 6.81. The lowest BCUT2D eigenvalue weighted by Gasteiger charge is -1.94. The Morgan fingerprint density at radius 1 is 1.08 bits per heavy atom. The van der Waals surface area contributed by atoms with Crippen LogP contribution in [0.5, 0.6) is 0 Å². The van der Waals surface area contributed by atoms with Crippen LogP contribution < -0.4 is 0 Å². The number of rotatable bonds is 0. The number of nitrogens with zero attached hydrogens (tertiary/aromatic N) is 2. The molecule has 1 heterocycles. The molecule has 0 bridgehead atoms. The van der Waals surface area contributed by atoms with Gasteiger partial charge in [-0.25, -0.2) is 0 Å². The van der Waals surface area contributed by atoms with Crippen LogP contribution in [0.4, 0.5) is 0 Å². The van der Waals surface area contributed by atoms with Crippen molar-refractivity contribution in [1.29, 1.82) is 0 Å². The van der Waals surface area contributed by atoms with E-state index in [4.69, 9.17) is 6.42 Å². The number of fused-ring (bicyclic) bond motifs is 1. The van der Waals surface area contributed by atoms with Crippen molar-refractivity contribution in [3.05, 3.63) is 36.2 Å². The molecule has 0 aliphatic heterocycles. The molecule has 0 fully saturated rings. The van der Waals surface area contributed by atoms with Gasteiger partial charge in [-0.15, -0.1) is 6.42 Å². The molecule has 0 saturated carbocycles. The second kappa shape index (κ2) is 2.63. The molecular weight excluding hydrogens is 148 g/mol. The summed E-state index contributed by atoms with van der Waals surface area (Å²) >= 11 is 0. The smallest absolute Gasteiger partial charge is 0.0899 e. The van der Waals surface area contributed by atoms with E-state index < -0.39 is 0 Å².